The molecule has 2 N–H and O–H groups in total. The van der Waals surface area contributed by atoms with E-state index in [9.17, 15) is 4.79 Å². The van der Waals surface area contributed by atoms with Gasteiger partial charge in [-0.1, -0.05) is 0 Å². The minimum Gasteiger partial charge on any atom is -0.396 e. The highest BCUT2D eigenvalue weighted by molar-refractivity contribution is 5.76. The van der Waals surface area contributed by atoms with Crippen LogP contribution in [0.1, 0.15) is 40.0 Å². The van der Waals surface area contributed by atoms with Crippen LogP contribution in [-0.4, -0.2) is 36.4 Å². The number of rotatable bonds is 8. The summed E-state index contributed by atoms with van der Waals surface area (Å²) in [4.78, 5) is 11.3. The van der Waals surface area contributed by atoms with E-state index in [0.717, 1.165) is 12.8 Å². The second kappa shape index (κ2) is 8.68. The number of ether oxygens (including phenoxy) is 1. The molecule has 0 aromatic carbocycles. The Morgan fingerprint density at radius 2 is 2.07 bits per heavy atom. The van der Waals surface area contributed by atoms with Crippen LogP contribution >= 0.6 is 0 Å². The second-order valence-electron chi connectivity index (χ2n) is 4.00. The molecule has 0 aromatic heterocycles. The van der Waals surface area contributed by atoms with Crippen LogP contribution in [0, 0.1) is 0 Å². The van der Waals surface area contributed by atoms with Crippen molar-refractivity contribution < 1.29 is 14.6 Å². The Balaban J connectivity index is 3.46. The number of hydrogen-bond donors (Lipinski definition) is 2. The lowest BCUT2D eigenvalue weighted by molar-refractivity contribution is -0.123. The first-order valence-corrected chi connectivity index (χ1v) is 5.58. The molecule has 0 aliphatic heterocycles. The van der Waals surface area contributed by atoms with Crippen LogP contribution < -0.4 is 5.32 Å². The molecule has 0 aliphatic rings. The van der Waals surface area contributed by atoms with Gasteiger partial charge in [0.1, 0.15) is 0 Å². The molecule has 0 saturated carbocycles. The molecular weight excluding hydrogens is 194 g/mol. The van der Waals surface area contributed by atoms with E-state index in [-0.39, 0.29) is 24.7 Å². The molecule has 1 amide bonds. The normalized spacial score (nSPS) is 12.9. The minimum atomic E-state index is 0.0149. The number of carbonyl (C=O) groups excluding carboxylic acids is 1. The van der Waals surface area contributed by atoms with Crippen molar-refractivity contribution in [3.63, 3.8) is 0 Å². The fourth-order valence-corrected chi connectivity index (χ4v) is 1.20. The Bertz CT molecular complexity index is 171. The summed E-state index contributed by atoms with van der Waals surface area (Å²) in [6.07, 6.45) is 2.11. The first-order valence-electron chi connectivity index (χ1n) is 5.58. The van der Waals surface area contributed by atoms with Gasteiger partial charge in [-0.3, -0.25) is 4.79 Å². The average Bonchev–Trinajstić information content (AvgIpc) is 2.14. The maximum absolute atomic E-state index is 11.3. The number of nitrogens with one attached hydrogen (secondary N) is 1. The Kier molecular flexibility index (Phi) is 8.33. The van der Waals surface area contributed by atoms with Gasteiger partial charge in [0.15, 0.2) is 0 Å². The zero-order valence-electron chi connectivity index (χ0n) is 9.95. The van der Waals surface area contributed by atoms with Crippen molar-refractivity contribution >= 4 is 5.91 Å². The maximum Gasteiger partial charge on any atom is 0.222 e. The van der Waals surface area contributed by atoms with Gasteiger partial charge in [-0.15, -0.1) is 0 Å². The van der Waals surface area contributed by atoms with Crippen molar-refractivity contribution in [3.05, 3.63) is 0 Å². The number of hydrogen-bond acceptors (Lipinski definition) is 3. The molecule has 0 saturated heterocycles. The molecule has 0 heterocycles. The topological polar surface area (TPSA) is 58.6 Å². The largest absolute Gasteiger partial charge is 0.396 e. The summed E-state index contributed by atoms with van der Waals surface area (Å²) in [5.74, 6) is 0.0149. The Morgan fingerprint density at radius 1 is 1.40 bits per heavy atom. The molecule has 0 bridgehead atoms. The molecule has 0 spiro atoms. The lowest BCUT2D eigenvalue weighted by atomic mass is 10.2. The highest BCUT2D eigenvalue weighted by atomic mass is 16.5. The van der Waals surface area contributed by atoms with Crippen LogP contribution in [0.15, 0.2) is 0 Å². The molecule has 4 nitrogen and oxygen atoms in total. The van der Waals surface area contributed by atoms with Gasteiger partial charge in [0, 0.05) is 19.1 Å². The highest BCUT2D eigenvalue weighted by Gasteiger charge is 2.06. The zero-order chi connectivity index (χ0) is 11.7. The number of carbonyl (C=O) groups is 1. The third-order valence-electron chi connectivity index (χ3n) is 1.98. The lowest BCUT2D eigenvalue weighted by Gasteiger charge is -2.13. The molecule has 0 aromatic rings. The Morgan fingerprint density at radius 3 is 2.60 bits per heavy atom. The predicted octanol–water partition coefficient (Wildman–Crippen LogP) is 1.08. The molecule has 0 aliphatic carbocycles. The van der Waals surface area contributed by atoms with Gasteiger partial charge in [0.25, 0.3) is 0 Å². The molecule has 0 radical (unpaired) electrons. The van der Waals surface area contributed by atoms with Gasteiger partial charge in [0.2, 0.25) is 5.91 Å². The number of aliphatic hydroxyl groups is 1. The Hall–Kier alpha value is -0.610. The van der Waals surface area contributed by atoms with Gasteiger partial charge >= 0.3 is 0 Å². The molecule has 90 valence electrons. The van der Waals surface area contributed by atoms with E-state index in [1.165, 1.54) is 0 Å². The highest BCUT2D eigenvalue weighted by Crippen LogP contribution is 1.96. The van der Waals surface area contributed by atoms with Crippen LogP contribution in [-0.2, 0) is 9.53 Å². The van der Waals surface area contributed by atoms with E-state index in [0.29, 0.717) is 13.0 Å². The van der Waals surface area contributed by atoms with Crippen LogP contribution in [0.2, 0.25) is 0 Å². The van der Waals surface area contributed by atoms with Crippen LogP contribution in [0.3, 0.4) is 0 Å². The summed E-state index contributed by atoms with van der Waals surface area (Å²) in [5, 5.41) is 11.5. The van der Waals surface area contributed by atoms with Crippen molar-refractivity contribution in [1.29, 1.82) is 0 Å². The van der Waals surface area contributed by atoms with E-state index >= 15 is 0 Å². The molecule has 4 heteroatoms. The van der Waals surface area contributed by atoms with Crippen molar-refractivity contribution in [2.24, 2.45) is 0 Å². The predicted molar refractivity (Wildman–Crippen MR) is 59.6 cm³/mol. The first-order chi connectivity index (χ1) is 7.06. The number of aliphatic hydroxyl groups excluding tert-OH is 1. The minimum absolute atomic E-state index is 0.0149. The SMILES string of the molecule is CC(CCCO)NC(=O)CCOC(C)C. The van der Waals surface area contributed by atoms with Crippen LogP contribution in [0.25, 0.3) is 0 Å². The van der Waals surface area contributed by atoms with Gasteiger partial charge in [-0.2, -0.15) is 0 Å². The molecule has 1 atom stereocenters. The summed E-state index contributed by atoms with van der Waals surface area (Å²) < 4.78 is 5.27. The summed E-state index contributed by atoms with van der Waals surface area (Å²) in [6, 6.07) is 0.128. The third kappa shape index (κ3) is 9.69. The van der Waals surface area contributed by atoms with Gasteiger partial charge < -0.3 is 15.2 Å². The average molecular weight is 217 g/mol. The van der Waals surface area contributed by atoms with E-state index in [1.807, 2.05) is 20.8 Å². The summed E-state index contributed by atoms with van der Waals surface area (Å²) >= 11 is 0. The quantitative estimate of drug-likeness (QED) is 0.639. The van der Waals surface area contributed by atoms with Crippen LogP contribution in [0.5, 0.6) is 0 Å². The number of amides is 1. The molecule has 15 heavy (non-hydrogen) atoms. The molecule has 0 fully saturated rings. The maximum atomic E-state index is 11.3. The van der Waals surface area contributed by atoms with E-state index < -0.39 is 0 Å². The summed E-state index contributed by atoms with van der Waals surface area (Å²) in [5.41, 5.74) is 0. The second-order valence-corrected chi connectivity index (χ2v) is 4.00. The van der Waals surface area contributed by atoms with Crippen molar-refractivity contribution in [2.75, 3.05) is 13.2 Å². The summed E-state index contributed by atoms with van der Waals surface area (Å²) in [6.45, 7) is 6.48. The van der Waals surface area contributed by atoms with E-state index in [2.05, 4.69) is 5.32 Å². The monoisotopic (exact) mass is 217 g/mol. The van der Waals surface area contributed by atoms with Crippen molar-refractivity contribution in [1.82, 2.24) is 5.32 Å². The van der Waals surface area contributed by atoms with Gasteiger partial charge in [-0.25, -0.2) is 0 Å². The standard InChI is InChI=1S/C11H23NO3/c1-9(2)15-8-6-11(14)12-10(3)5-4-7-13/h9-10,13H,4-8H2,1-3H3,(H,12,14). The third-order valence-corrected chi connectivity index (χ3v) is 1.98. The zero-order valence-corrected chi connectivity index (χ0v) is 9.95. The van der Waals surface area contributed by atoms with E-state index in [4.69, 9.17) is 9.84 Å². The van der Waals surface area contributed by atoms with Crippen molar-refractivity contribution in [3.8, 4) is 0 Å². The lowest BCUT2D eigenvalue weighted by Crippen LogP contribution is -2.33. The molecule has 0 rings (SSSR count). The van der Waals surface area contributed by atoms with Gasteiger partial charge in [0.05, 0.1) is 12.7 Å². The van der Waals surface area contributed by atoms with Gasteiger partial charge in [-0.05, 0) is 33.6 Å². The Labute approximate surface area is 92.0 Å². The molecule has 1 unspecified atom stereocenters. The molecular formula is C11H23NO3. The van der Waals surface area contributed by atoms with Crippen molar-refractivity contribution in [2.45, 2.75) is 52.2 Å². The van der Waals surface area contributed by atoms with Crippen LogP contribution in [0.4, 0.5) is 0 Å². The van der Waals surface area contributed by atoms with E-state index in [1.54, 1.807) is 0 Å². The fraction of sp³-hybridized carbons (Fsp3) is 0.909. The first kappa shape index (κ1) is 14.4. The fourth-order valence-electron chi connectivity index (χ4n) is 1.20. The smallest absolute Gasteiger partial charge is 0.222 e. The summed E-state index contributed by atoms with van der Waals surface area (Å²) in [7, 11) is 0.